The van der Waals surface area contributed by atoms with E-state index in [9.17, 15) is 5.11 Å². The second kappa shape index (κ2) is 12.4. The van der Waals surface area contributed by atoms with E-state index in [1.165, 1.54) is 5.56 Å². The molecule has 0 spiro atoms. The van der Waals surface area contributed by atoms with Crippen LogP contribution in [0.5, 0.6) is 11.5 Å². The van der Waals surface area contributed by atoms with Crippen LogP contribution in [0.2, 0.25) is 0 Å². The number of hydrogen-bond acceptors (Lipinski definition) is 3. The molecule has 6 heteroatoms. The van der Waals surface area contributed by atoms with Gasteiger partial charge in [-0.1, -0.05) is 31.2 Å². The molecule has 148 valence electrons. The van der Waals surface area contributed by atoms with Crippen LogP contribution in [-0.2, 0) is 6.54 Å². The van der Waals surface area contributed by atoms with Gasteiger partial charge in [-0.3, -0.25) is 0 Å². The molecule has 0 aliphatic heterocycles. The van der Waals surface area contributed by atoms with Crippen molar-refractivity contribution >= 4 is 29.9 Å². The Morgan fingerprint density at radius 2 is 1.89 bits per heavy atom. The lowest BCUT2D eigenvalue weighted by molar-refractivity contribution is 0.414. The number of methoxy groups -OCH3 is 1. The van der Waals surface area contributed by atoms with Gasteiger partial charge < -0.3 is 20.5 Å². The first-order valence-corrected chi connectivity index (χ1v) is 9.06. The number of halogens is 1. The predicted octanol–water partition coefficient (Wildman–Crippen LogP) is 4.27. The predicted molar refractivity (Wildman–Crippen MR) is 122 cm³/mol. The summed E-state index contributed by atoms with van der Waals surface area (Å²) >= 11 is 0. The van der Waals surface area contributed by atoms with Crippen LogP contribution in [0.4, 0.5) is 0 Å². The number of nitrogens with zero attached hydrogens (tertiary/aromatic N) is 1. The highest BCUT2D eigenvalue weighted by molar-refractivity contribution is 14.0. The summed E-state index contributed by atoms with van der Waals surface area (Å²) in [5, 5.41) is 16.2. The first kappa shape index (κ1) is 23.1. The van der Waals surface area contributed by atoms with E-state index >= 15 is 0 Å². The first-order chi connectivity index (χ1) is 12.6. The summed E-state index contributed by atoms with van der Waals surface area (Å²) in [7, 11) is 1.68. The van der Waals surface area contributed by atoms with Gasteiger partial charge in [0.15, 0.2) is 5.96 Å². The molecule has 0 fully saturated rings. The van der Waals surface area contributed by atoms with Gasteiger partial charge in [0.1, 0.15) is 11.5 Å². The van der Waals surface area contributed by atoms with E-state index in [1.54, 1.807) is 19.2 Å². The van der Waals surface area contributed by atoms with Gasteiger partial charge in [0.05, 0.1) is 13.7 Å². The zero-order chi connectivity index (χ0) is 18.8. The molecule has 0 aromatic heterocycles. The van der Waals surface area contributed by atoms with Crippen molar-refractivity contribution in [3.8, 4) is 11.5 Å². The van der Waals surface area contributed by atoms with E-state index in [0.717, 1.165) is 36.8 Å². The van der Waals surface area contributed by atoms with Gasteiger partial charge >= 0.3 is 0 Å². The van der Waals surface area contributed by atoms with Crippen molar-refractivity contribution in [1.82, 2.24) is 10.6 Å². The number of benzene rings is 2. The van der Waals surface area contributed by atoms with Gasteiger partial charge in [0, 0.05) is 13.1 Å². The molecule has 3 N–H and O–H groups in total. The molecule has 27 heavy (non-hydrogen) atoms. The Hall–Kier alpha value is -1.96. The summed E-state index contributed by atoms with van der Waals surface area (Å²) in [5.41, 5.74) is 2.28. The van der Waals surface area contributed by atoms with Crippen LogP contribution in [0, 0.1) is 0 Å². The molecule has 0 aliphatic rings. The molecule has 1 atom stereocenters. The van der Waals surface area contributed by atoms with Crippen molar-refractivity contribution in [2.45, 2.75) is 32.7 Å². The Balaban J connectivity index is 0.00000364. The topological polar surface area (TPSA) is 65.9 Å². The van der Waals surface area contributed by atoms with Crippen LogP contribution in [0.25, 0.3) is 0 Å². The van der Waals surface area contributed by atoms with Gasteiger partial charge in [-0.15, -0.1) is 24.0 Å². The van der Waals surface area contributed by atoms with Crippen molar-refractivity contribution in [2.75, 3.05) is 20.2 Å². The lowest BCUT2D eigenvalue weighted by Gasteiger charge is -2.15. The minimum Gasteiger partial charge on any atom is -0.508 e. The molecule has 0 saturated carbocycles. The molecule has 1 unspecified atom stereocenters. The zero-order valence-corrected chi connectivity index (χ0v) is 18.6. The van der Waals surface area contributed by atoms with E-state index in [0.29, 0.717) is 12.5 Å². The molecule has 2 rings (SSSR count). The molecule has 0 amide bonds. The summed E-state index contributed by atoms with van der Waals surface area (Å²) < 4.78 is 5.21. The first-order valence-electron chi connectivity index (χ1n) is 9.06. The van der Waals surface area contributed by atoms with Crippen LogP contribution in [0.1, 0.15) is 37.3 Å². The van der Waals surface area contributed by atoms with E-state index in [2.05, 4.69) is 34.7 Å². The van der Waals surface area contributed by atoms with E-state index < -0.39 is 0 Å². The van der Waals surface area contributed by atoms with E-state index in [1.807, 2.05) is 31.2 Å². The fourth-order valence-corrected chi connectivity index (χ4v) is 2.67. The number of rotatable bonds is 8. The summed E-state index contributed by atoms with van der Waals surface area (Å²) in [4.78, 5) is 4.58. The number of hydrogen-bond donors (Lipinski definition) is 3. The van der Waals surface area contributed by atoms with Gasteiger partial charge in [-0.2, -0.15) is 0 Å². The van der Waals surface area contributed by atoms with Crippen molar-refractivity contribution in [2.24, 2.45) is 4.99 Å². The van der Waals surface area contributed by atoms with Crippen molar-refractivity contribution < 1.29 is 9.84 Å². The average Bonchev–Trinajstić information content (AvgIpc) is 2.66. The van der Waals surface area contributed by atoms with Crippen molar-refractivity contribution in [3.05, 3.63) is 59.7 Å². The van der Waals surface area contributed by atoms with Gasteiger partial charge in [-0.05, 0) is 54.7 Å². The molecule has 2 aromatic rings. The van der Waals surface area contributed by atoms with Crippen LogP contribution in [-0.4, -0.2) is 31.3 Å². The SMILES string of the molecule is CCNC(=NCc1cccc(O)c1)NCCC(C)c1ccc(OC)cc1.I. The summed E-state index contributed by atoms with van der Waals surface area (Å²) in [6.07, 6.45) is 1.00. The van der Waals surface area contributed by atoms with Crippen molar-refractivity contribution in [1.29, 1.82) is 0 Å². The average molecular weight is 483 g/mol. The summed E-state index contributed by atoms with van der Waals surface area (Å²) in [6.45, 7) is 6.43. The Kier molecular flexibility index (Phi) is 10.6. The lowest BCUT2D eigenvalue weighted by Crippen LogP contribution is -2.38. The third-order valence-electron chi connectivity index (χ3n) is 4.23. The van der Waals surface area contributed by atoms with Crippen LogP contribution >= 0.6 is 24.0 Å². The number of aromatic hydroxyl groups is 1. The standard InChI is InChI=1S/C21H29N3O2.HI/c1-4-22-21(24-15-17-6-5-7-19(25)14-17)23-13-12-16(2)18-8-10-20(26-3)11-9-18;/h5-11,14,16,25H,4,12-13,15H2,1-3H3,(H2,22,23,24);1H. The maximum absolute atomic E-state index is 9.54. The zero-order valence-electron chi connectivity index (χ0n) is 16.2. The van der Waals surface area contributed by atoms with Crippen molar-refractivity contribution in [3.63, 3.8) is 0 Å². The fraction of sp³-hybridized carbons (Fsp3) is 0.381. The van der Waals surface area contributed by atoms with Gasteiger partial charge in [0.2, 0.25) is 0 Å². The van der Waals surface area contributed by atoms with Gasteiger partial charge in [-0.25, -0.2) is 4.99 Å². The molecular weight excluding hydrogens is 453 g/mol. The Morgan fingerprint density at radius 3 is 2.52 bits per heavy atom. The summed E-state index contributed by atoms with van der Waals surface area (Å²) in [5.74, 6) is 2.39. The molecule has 2 aromatic carbocycles. The van der Waals surface area contributed by atoms with Crippen LogP contribution in [0.15, 0.2) is 53.5 Å². The number of phenolic OH excluding ortho intramolecular Hbond substituents is 1. The Labute approximate surface area is 179 Å². The van der Waals surface area contributed by atoms with Crippen LogP contribution < -0.4 is 15.4 Å². The highest BCUT2D eigenvalue weighted by atomic mass is 127. The molecule has 0 heterocycles. The monoisotopic (exact) mass is 483 g/mol. The third kappa shape index (κ3) is 8.07. The highest BCUT2D eigenvalue weighted by Crippen LogP contribution is 2.21. The molecule has 0 radical (unpaired) electrons. The number of guanidine groups is 1. The molecular formula is C21H30IN3O2. The maximum Gasteiger partial charge on any atom is 0.191 e. The second-order valence-electron chi connectivity index (χ2n) is 6.25. The quantitative estimate of drug-likeness (QED) is 0.298. The van der Waals surface area contributed by atoms with E-state index in [4.69, 9.17) is 4.74 Å². The largest absolute Gasteiger partial charge is 0.508 e. The normalized spacial score (nSPS) is 12.0. The summed E-state index contributed by atoms with van der Waals surface area (Å²) in [6, 6.07) is 15.4. The fourth-order valence-electron chi connectivity index (χ4n) is 2.67. The molecule has 5 nitrogen and oxygen atoms in total. The smallest absolute Gasteiger partial charge is 0.191 e. The Morgan fingerprint density at radius 1 is 1.15 bits per heavy atom. The minimum absolute atomic E-state index is 0. The number of nitrogens with one attached hydrogen (secondary N) is 2. The molecule has 0 bridgehead atoms. The maximum atomic E-state index is 9.54. The number of aliphatic imine (C=N–C) groups is 1. The second-order valence-corrected chi connectivity index (χ2v) is 6.25. The molecule has 0 saturated heterocycles. The molecule has 0 aliphatic carbocycles. The van der Waals surface area contributed by atoms with E-state index in [-0.39, 0.29) is 29.7 Å². The lowest BCUT2D eigenvalue weighted by atomic mass is 9.98. The minimum atomic E-state index is 0. The highest BCUT2D eigenvalue weighted by Gasteiger charge is 2.06. The third-order valence-corrected chi connectivity index (χ3v) is 4.23. The Bertz CT molecular complexity index is 705. The van der Waals surface area contributed by atoms with Gasteiger partial charge in [0.25, 0.3) is 0 Å². The number of ether oxygens (including phenoxy) is 1. The van der Waals surface area contributed by atoms with Crippen LogP contribution in [0.3, 0.4) is 0 Å². The number of phenols is 1.